The molecule has 0 radical (unpaired) electrons. The lowest BCUT2D eigenvalue weighted by Crippen LogP contribution is -2.05. The quantitative estimate of drug-likeness (QED) is 0.777. The highest BCUT2D eigenvalue weighted by Gasteiger charge is 2.08. The summed E-state index contributed by atoms with van der Waals surface area (Å²) >= 11 is 0. The molecule has 0 aliphatic heterocycles. The summed E-state index contributed by atoms with van der Waals surface area (Å²) in [6.07, 6.45) is 0.0308. The van der Waals surface area contributed by atoms with Gasteiger partial charge in [0.1, 0.15) is 0 Å². The second kappa shape index (κ2) is 3.96. The standard InChI is InChI=1S/C12H13NO3/c1-4-15-12-13-10-6-8(3)7(2)5-9(10)11(14)16-12/h5-6H,4H2,1-3H3. The van der Waals surface area contributed by atoms with Crippen molar-refractivity contribution in [3.63, 3.8) is 0 Å². The summed E-state index contributed by atoms with van der Waals surface area (Å²) in [5.41, 5.74) is 2.35. The van der Waals surface area contributed by atoms with Crippen molar-refractivity contribution in [3.05, 3.63) is 33.7 Å². The number of aromatic nitrogens is 1. The number of rotatable bonds is 2. The third kappa shape index (κ3) is 1.78. The molecule has 1 aromatic carbocycles. The summed E-state index contributed by atoms with van der Waals surface area (Å²) in [5.74, 6) is 0. The molecule has 0 N–H and O–H groups in total. The average Bonchev–Trinajstić information content (AvgIpc) is 2.22. The summed E-state index contributed by atoms with van der Waals surface area (Å²) < 4.78 is 10.0. The molecular weight excluding hydrogens is 206 g/mol. The Labute approximate surface area is 92.9 Å². The number of fused-ring (bicyclic) bond motifs is 1. The van der Waals surface area contributed by atoms with Crippen LogP contribution >= 0.6 is 0 Å². The third-order valence-corrected chi connectivity index (χ3v) is 2.49. The molecule has 2 rings (SSSR count). The first-order chi connectivity index (χ1) is 7.61. The fourth-order valence-electron chi connectivity index (χ4n) is 1.50. The maximum absolute atomic E-state index is 11.7. The third-order valence-electron chi connectivity index (χ3n) is 2.49. The zero-order chi connectivity index (χ0) is 11.7. The molecule has 4 nitrogen and oxygen atoms in total. The second-order valence-corrected chi connectivity index (χ2v) is 3.65. The van der Waals surface area contributed by atoms with Gasteiger partial charge in [0.05, 0.1) is 17.5 Å². The largest absolute Gasteiger partial charge is 0.450 e. The van der Waals surface area contributed by atoms with Crippen LogP contribution in [-0.4, -0.2) is 11.6 Å². The van der Waals surface area contributed by atoms with E-state index < -0.39 is 5.63 Å². The molecule has 0 aliphatic carbocycles. The van der Waals surface area contributed by atoms with Gasteiger partial charge in [0.25, 0.3) is 0 Å². The van der Waals surface area contributed by atoms with Gasteiger partial charge in [-0.1, -0.05) is 0 Å². The van der Waals surface area contributed by atoms with Crippen molar-refractivity contribution in [3.8, 4) is 6.08 Å². The minimum Gasteiger partial charge on any atom is -0.450 e. The van der Waals surface area contributed by atoms with Crippen molar-refractivity contribution in [2.45, 2.75) is 20.8 Å². The van der Waals surface area contributed by atoms with Crippen molar-refractivity contribution >= 4 is 10.9 Å². The lowest BCUT2D eigenvalue weighted by Gasteiger charge is -2.04. The first-order valence-corrected chi connectivity index (χ1v) is 5.16. The van der Waals surface area contributed by atoms with E-state index in [0.29, 0.717) is 17.5 Å². The van der Waals surface area contributed by atoms with Crippen molar-refractivity contribution in [2.75, 3.05) is 6.61 Å². The van der Waals surface area contributed by atoms with E-state index in [2.05, 4.69) is 4.98 Å². The molecule has 16 heavy (non-hydrogen) atoms. The van der Waals surface area contributed by atoms with Crippen molar-refractivity contribution in [1.29, 1.82) is 0 Å². The Morgan fingerprint density at radius 1 is 1.31 bits per heavy atom. The van der Waals surface area contributed by atoms with Crippen molar-refractivity contribution in [1.82, 2.24) is 4.98 Å². The van der Waals surface area contributed by atoms with Crippen molar-refractivity contribution in [2.24, 2.45) is 0 Å². The number of ether oxygens (including phenoxy) is 1. The molecule has 0 aliphatic rings. The molecule has 0 saturated heterocycles. The highest BCUT2D eigenvalue weighted by atomic mass is 16.6. The molecule has 1 aromatic heterocycles. The van der Waals surface area contributed by atoms with Gasteiger partial charge in [0.2, 0.25) is 0 Å². The summed E-state index contributed by atoms with van der Waals surface area (Å²) in [7, 11) is 0. The second-order valence-electron chi connectivity index (χ2n) is 3.65. The van der Waals surface area contributed by atoms with E-state index in [1.165, 1.54) is 0 Å². The predicted octanol–water partition coefficient (Wildman–Crippen LogP) is 2.20. The Bertz CT molecular complexity index is 587. The highest BCUT2D eigenvalue weighted by Crippen LogP contribution is 2.17. The van der Waals surface area contributed by atoms with Gasteiger partial charge in [-0.05, 0) is 44.0 Å². The lowest BCUT2D eigenvalue weighted by molar-refractivity contribution is 0.229. The van der Waals surface area contributed by atoms with Crippen LogP contribution in [0.2, 0.25) is 0 Å². The van der Waals surface area contributed by atoms with Crippen LogP contribution in [0, 0.1) is 13.8 Å². The summed E-state index contributed by atoms with van der Waals surface area (Å²) in [6, 6.07) is 3.66. The normalized spacial score (nSPS) is 10.7. The number of aryl methyl sites for hydroxylation is 2. The molecule has 0 unspecified atom stereocenters. The van der Waals surface area contributed by atoms with E-state index in [1.54, 1.807) is 6.07 Å². The van der Waals surface area contributed by atoms with Crippen LogP contribution in [0.4, 0.5) is 0 Å². The van der Waals surface area contributed by atoms with E-state index in [4.69, 9.17) is 9.15 Å². The number of nitrogens with zero attached hydrogens (tertiary/aromatic N) is 1. The Hall–Kier alpha value is -1.84. The molecule has 0 amide bonds. The summed E-state index contributed by atoms with van der Waals surface area (Å²) in [4.78, 5) is 15.8. The minimum atomic E-state index is -0.406. The molecule has 0 spiro atoms. The molecule has 0 saturated carbocycles. The molecule has 0 bridgehead atoms. The Morgan fingerprint density at radius 3 is 2.69 bits per heavy atom. The van der Waals surface area contributed by atoms with Crippen molar-refractivity contribution < 1.29 is 9.15 Å². The van der Waals surface area contributed by atoms with Crippen LogP contribution in [0.5, 0.6) is 6.08 Å². The Morgan fingerprint density at radius 2 is 2.00 bits per heavy atom. The molecule has 84 valence electrons. The smallest absolute Gasteiger partial charge is 0.397 e. The summed E-state index contributed by atoms with van der Waals surface area (Å²) in [5, 5.41) is 0.492. The predicted molar refractivity (Wildman–Crippen MR) is 60.9 cm³/mol. The van der Waals surface area contributed by atoms with Gasteiger partial charge in [-0.15, -0.1) is 0 Å². The number of benzene rings is 1. The molecule has 1 heterocycles. The Kier molecular flexibility index (Phi) is 2.64. The number of hydrogen-bond acceptors (Lipinski definition) is 4. The SMILES string of the molecule is CCOc1nc2cc(C)c(C)cc2c(=O)o1. The fourth-order valence-corrected chi connectivity index (χ4v) is 1.50. The molecule has 2 aromatic rings. The maximum Gasteiger partial charge on any atom is 0.397 e. The van der Waals surface area contributed by atoms with E-state index in [-0.39, 0.29) is 6.08 Å². The van der Waals surface area contributed by atoms with Gasteiger partial charge < -0.3 is 9.15 Å². The van der Waals surface area contributed by atoms with E-state index in [0.717, 1.165) is 11.1 Å². The molecular formula is C12H13NO3. The van der Waals surface area contributed by atoms with Crippen LogP contribution in [0.3, 0.4) is 0 Å². The fraction of sp³-hybridized carbons (Fsp3) is 0.333. The highest BCUT2D eigenvalue weighted by molar-refractivity contribution is 5.79. The lowest BCUT2D eigenvalue weighted by atomic mass is 10.1. The zero-order valence-corrected chi connectivity index (χ0v) is 9.53. The van der Waals surface area contributed by atoms with Gasteiger partial charge >= 0.3 is 11.7 Å². The van der Waals surface area contributed by atoms with Gasteiger partial charge in [0, 0.05) is 0 Å². The van der Waals surface area contributed by atoms with E-state index in [9.17, 15) is 4.79 Å². The molecule has 0 fully saturated rings. The van der Waals surface area contributed by atoms with Gasteiger partial charge in [-0.25, -0.2) is 4.79 Å². The Balaban J connectivity index is 2.72. The van der Waals surface area contributed by atoms with Gasteiger partial charge in [0.15, 0.2) is 0 Å². The van der Waals surface area contributed by atoms with Crippen LogP contribution in [0.1, 0.15) is 18.1 Å². The molecule has 4 heteroatoms. The first kappa shape index (κ1) is 10.7. The zero-order valence-electron chi connectivity index (χ0n) is 9.53. The van der Waals surface area contributed by atoms with E-state index >= 15 is 0 Å². The van der Waals surface area contributed by atoms with Crippen LogP contribution in [-0.2, 0) is 0 Å². The molecule has 0 atom stereocenters. The first-order valence-electron chi connectivity index (χ1n) is 5.16. The average molecular weight is 219 g/mol. The van der Waals surface area contributed by atoms with Crippen LogP contribution in [0.15, 0.2) is 21.3 Å². The maximum atomic E-state index is 11.7. The van der Waals surface area contributed by atoms with E-state index in [1.807, 2.05) is 26.8 Å². The van der Waals surface area contributed by atoms with Gasteiger partial charge in [-0.2, -0.15) is 4.98 Å². The monoisotopic (exact) mass is 219 g/mol. The van der Waals surface area contributed by atoms with Crippen LogP contribution < -0.4 is 10.4 Å². The van der Waals surface area contributed by atoms with Gasteiger partial charge in [-0.3, -0.25) is 0 Å². The summed E-state index contributed by atoms with van der Waals surface area (Å²) in [6.45, 7) is 6.16. The topological polar surface area (TPSA) is 52.3 Å². The minimum absolute atomic E-state index is 0.0308. The van der Waals surface area contributed by atoms with Crippen LogP contribution in [0.25, 0.3) is 10.9 Å². The number of hydrogen-bond donors (Lipinski definition) is 0.